The first kappa shape index (κ1) is 24.6. The van der Waals surface area contributed by atoms with Crippen LogP contribution < -0.4 is 33.2 Å². The largest absolute Gasteiger partial charge is 0.481 e. The Labute approximate surface area is 161 Å². The van der Waals surface area contributed by atoms with Crippen LogP contribution in [0.2, 0.25) is 0 Å². The van der Waals surface area contributed by atoms with Crippen LogP contribution in [0.4, 0.5) is 0 Å². The minimum atomic E-state index is -1.14. The number of carboxylic acid groups (broad SMARTS) is 1. The first-order valence-electron chi connectivity index (χ1n) is 8.32. The van der Waals surface area contributed by atoms with Crippen molar-refractivity contribution in [3.8, 4) is 0 Å². The standard InChI is InChI=1S/C15H26N7O6/c1-8(21-10(23)4-5-12(25)26)14(28)20-7-11(24)22-9(13(16)27)3-2-6-19-15(17)18/h7-9H,2-6H2,1H3,(H2,16,27)(H,20,28)(H,21,23)(H,22,24)(H,25,26)(H4,17,18,19). The molecule has 13 nitrogen and oxygen atoms in total. The number of guanidine groups is 1. The van der Waals surface area contributed by atoms with E-state index in [2.05, 4.69) is 20.9 Å². The Morgan fingerprint density at radius 3 is 2.25 bits per heavy atom. The maximum Gasteiger partial charge on any atom is 0.303 e. The van der Waals surface area contributed by atoms with E-state index in [0.29, 0.717) is 6.42 Å². The summed E-state index contributed by atoms with van der Waals surface area (Å²) in [5, 5.41) is 15.3. The minimum absolute atomic E-state index is 0.0973. The summed E-state index contributed by atoms with van der Waals surface area (Å²) < 4.78 is 0. The third-order valence-electron chi connectivity index (χ3n) is 3.29. The molecule has 2 unspecified atom stereocenters. The summed E-state index contributed by atoms with van der Waals surface area (Å²) in [5.74, 6) is -4.11. The van der Waals surface area contributed by atoms with Crippen LogP contribution in [0.5, 0.6) is 0 Å². The number of hydrogen-bond donors (Lipinski definition) is 7. The number of rotatable bonds is 13. The molecule has 4 amide bonds. The molecule has 1 radical (unpaired) electrons. The van der Waals surface area contributed by atoms with Gasteiger partial charge in [0.05, 0.1) is 6.42 Å². The first-order valence-corrected chi connectivity index (χ1v) is 8.32. The third-order valence-corrected chi connectivity index (χ3v) is 3.29. The van der Waals surface area contributed by atoms with Gasteiger partial charge >= 0.3 is 5.97 Å². The second kappa shape index (κ2) is 12.9. The van der Waals surface area contributed by atoms with E-state index >= 15 is 0 Å². The Balaban J connectivity index is 4.32. The van der Waals surface area contributed by atoms with Crippen LogP contribution in [-0.4, -0.2) is 59.3 Å². The molecule has 0 bridgehead atoms. The van der Waals surface area contributed by atoms with Crippen molar-refractivity contribution in [2.45, 2.75) is 44.7 Å². The number of carbonyl (C=O) groups is 5. The fourth-order valence-electron chi connectivity index (χ4n) is 1.86. The van der Waals surface area contributed by atoms with Crippen LogP contribution in [0, 0.1) is 6.54 Å². The lowest BCUT2D eigenvalue weighted by Gasteiger charge is -2.16. The third kappa shape index (κ3) is 12.1. The Hall–Kier alpha value is -3.38. The monoisotopic (exact) mass is 400 g/mol. The Bertz CT molecular complexity index is 618. The second-order valence-corrected chi connectivity index (χ2v) is 5.75. The van der Waals surface area contributed by atoms with Gasteiger partial charge in [-0.25, -0.2) is 0 Å². The van der Waals surface area contributed by atoms with Gasteiger partial charge in [-0.1, -0.05) is 0 Å². The summed E-state index contributed by atoms with van der Waals surface area (Å²) in [4.78, 5) is 60.6. The van der Waals surface area contributed by atoms with Crippen molar-refractivity contribution in [2.24, 2.45) is 22.2 Å². The lowest BCUT2D eigenvalue weighted by molar-refractivity contribution is -0.139. The molecule has 0 aliphatic heterocycles. The van der Waals surface area contributed by atoms with E-state index in [1.807, 2.05) is 0 Å². The topological polar surface area (TPSA) is 232 Å². The van der Waals surface area contributed by atoms with Crippen LogP contribution in [0.15, 0.2) is 4.99 Å². The van der Waals surface area contributed by atoms with Crippen LogP contribution in [0.1, 0.15) is 32.6 Å². The van der Waals surface area contributed by atoms with Crippen LogP contribution in [0.3, 0.4) is 0 Å². The molecule has 157 valence electrons. The van der Waals surface area contributed by atoms with E-state index in [0.717, 1.165) is 6.54 Å². The van der Waals surface area contributed by atoms with E-state index in [9.17, 15) is 24.0 Å². The molecule has 0 aliphatic carbocycles. The van der Waals surface area contributed by atoms with Gasteiger partial charge in [-0.3, -0.25) is 29.0 Å². The quantitative estimate of drug-likeness (QED) is 0.0935. The van der Waals surface area contributed by atoms with Crippen molar-refractivity contribution in [3.05, 3.63) is 6.54 Å². The predicted molar refractivity (Wildman–Crippen MR) is 98.0 cm³/mol. The van der Waals surface area contributed by atoms with E-state index < -0.39 is 41.7 Å². The van der Waals surface area contributed by atoms with Gasteiger partial charge in [-0.2, -0.15) is 0 Å². The SMILES string of the molecule is CC(NC(=O)CCC(=O)O)C(=O)N[CH]C(=O)NC(CCCN=C(N)N)C(N)=O. The van der Waals surface area contributed by atoms with Crippen LogP contribution >= 0.6 is 0 Å². The fourth-order valence-corrected chi connectivity index (χ4v) is 1.86. The van der Waals surface area contributed by atoms with Gasteiger partial charge in [-0.05, 0) is 19.8 Å². The van der Waals surface area contributed by atoms with Gasteiger partial charge in [0, 0.05) is 13.0 Å². The summed E-state index contributed by atoms with van der Waals surface area (Å²) in [6, 6.07) is -1.99. The van der Waals surface area contributed by atoms with Crippen molar-refractivity contribution >= 4 is 35.6 Å². The van der Waals surface area contributed by atoms with E-state index in [1.54, 1.807) is 0 Å². The number of nitrogens with two attached hydrogens (primary N) is 3. The molecule has 0 spiro atoms. The minimum Gasteiger partial charge on any atom is -0.481 e. The first-order chi connectivity index (χ1) is 13.0. The number of amides is 4. The molecule has 0 aromatic heterocycles. The van der Waals surface area contributed by atoms with Gasteiger partial charge in [0.1, 0.15) is 18.6 Å². The number of nitrogens with zero attached hydrogens (tertiary/aromatic N) is 1. The number of carboxylic acids is 1. The van der Waals surface area contributed by atoms with Gasteiger partial charge < -0.3 is 38.3 Å². The number of hydrogen-bond acceptors (Lipinski definition) is 6. The van der Waals surface area contributed by atoms with Crippen molar-refractivity contribution in [1.29, 1.82) is 0 Å². The molecule has 0 saturated heterocycles. The lowest BCUT2D eigenvalue weighted by Crippen LogP contribution is -2.48. The van der Waals surface area contributed by atoms with Gasteiger partial charge in [0.2, 0.25) is 23.6 Å². The van der Waals surface area contributed by atoms with Crippen molar-refractivity contribution in [3.63, 3.8) is 0 Å². The molecule has 0 fully saturated rings. The molecule has 0 aliphatic rings. The van der Waals surface area contributed by atoms with Crippen LogP contribution in [-0.2, 0) is 24.0 Å². The van der Waals surface area contributed by atoms with Gasteiger partial charge in [0.25, 0.3) is 0 Å². The smallest absolute Gasteiger partial charge is 0.303 e. The predicted octanol–water partition coefficient (Wildman–Crippen LogP) is -3.34. The normalized spacial score (nSPS) is 12.2. The zero-order valence-corrected chi connectivity index (χ0v) is 15.4. The van der Waals surface area contributed by atoms with E-state index in [4.69, 9.17) is 22.3 Å². The number of primary amides is 1. The zero-order chi connectivity index (χ0) is 21.7. The molecule has 0 aromatic carbocycles. The number of aliphatic carboxylic acids is 1. The highest BCUT2D eigenvalue weighted by molar-refractivity contribution is 5.95. The van der Waals surface area contributed by atoms with Gasteiger partial charge in [0.15, 0.2) is 5.96 Å². The highest BCUT2D eigenvalue weighted by Gasteiger charge is 2.20. The summed E-state index contributed by atoms with van der Waals surface area (Å²) in [6.07, 6.45) is -0.0725. The highest BCUT2D eigenvalue weighted by atomic mass is 16.4. The summed E-state index contributed by atoms with van der Waals surface area (Å²) in [7, 11) is 0. The summed E-state index contributed by atoms with van der Waals surface area (Å²) in [5.41, 5.74) is 15.5. The average Bonchev–Trinajstić information content (AvgIpc) is 2.59. The van der Waals surface area contributed by atoms with Crippen LogP contribution in [0.25, 0.3) is 0 Å². The molecule has 13 heteroatoms. The number of nitrogens with one attached hydrogen (secondary N) is 3. The molecule has 28 heavy (non-hydrogen) atoms. The molecular formula is C15H26N7O6. The number of aliphatic imine (C=N–C) groups is 1. The second-order valence-electron chi connectivity index (χ2n) is 5.75. The van der Waals surface area contributed by atoms with Gasteiger partial charge in [-0.15, -0.1) is 0 Å². The summed E-state index contributed by atoms with van der Waals surface area (Å²) >= 11 is 0. The van der Waals surface area contributed by atoms with Crippen molar-refractivity contribution < 1.29 is 29.1 Å². The Morgan fingerprint density at radius 2 is 1.71 bits per heavy atom. The van der Waals surface area contributed by atoms with Crippen molar-refractivity contribution in [1.82, 2.24) is 16.0 Å². The average molecular weight is 400 g/mol. The lowest BCUT2D eigenvalue weighted by atomic mass is 10.1. The zero-order valence-electron chi connectivity index (χ0n) is 15.4. The molecule has 2 atom stereocenters. The van der Waals surface area contributed by atoms with Crippen molar-refractivity contribution in [2.75, 3.05) is 6.54 Å². The Morgan fingerprint density at radius 1 is 1.07 bits per heavy atom. The molecular weight excluding hydrogens is 374 g/mol. The fraction of sp³-hybridized carbons (Fsp3) is 0.533. The Kier molecular flexibility index (Phi) is 11.3. The highest BCUT2D eigenvalue weighted by Crippen LogP contribution is 1.98. The van der Waals surface area contributed by atoms with E-state index in [1.165, 1.54) is 6.92 Å². The van der Waals surface area contributed by atoms with E-state index in [-0.39, 0.29) is 31.8 Å². The molecule has 10 N–H and O–H groups in total. The molecule has 0 rings (SSSR count). The maximum absolute atomic E-state index is 11.8. The number of carbonyl (C=O) groups excluding carboxylic acids is 4. The maximum atomic E-state index is 11.8. The molecule has 0 aromatic rings. The summed E-state index contributed by atoms with van der Waals surface area (Å²) in [6.45, 7) is 2.39. The molecule has 0 saturated carbocycles. The molecule has 0 heterocycles.